The van der Waals surface area contributed by atoms with Crippen LogP contribution >= 0.6 is 0 Å². The van der Waals surface area contributed by atoms with Crippen LogP contribution < -0.4 is 16.4 Å². The van der Waals surface area contributed by atoms with E-state index in [2.05, 4.69) is 17.2 Å². The highest BCUT2D eigenvalue weighted by atomic mass is 16.2. The SMILES string of the molecule is C=CCNCC(=O)Nc1ccc(CC(N)=O)cc1. The summed E-state index contributed by atoms with van der Waals surface area (Å²) in [6, 6.07) is 7.00. The first kappa shape index (κ1) is 13.9. The molecular weight excluding hydrogens is 230 g/mol. The van der Waals surface area contributed by atoms with E-state index in [0.717, 1.165) is 5.56 Å². The maximum atomic E-state index is 11.5. The summed E-state index contributed by atoms with van der Waals surface area (Å²) in [5.41, 5.74) is 6.60. The summed E-state index contributed by atoms with van der Waals surface area (Å²) < 4.78 is 0. The molecule has 0 aliphatic heterocycles. The summed E-state index contributed by atoms with van der Waals surface area (Å²) in [5.74, 6) is -0.500. The number of carbonyl (C=O) groups is 2. The number of anilines is 1. The van der Waals surface area contributed by atoms with E-state index in [0.29, 0.717) is 12.2 Å². The molecule has 1 aromatic carbocycles. The molecule has 0 aliphatic carbocycles. The van der Waals surface area contributed by atoms with E-state index in [1.807, 2.05) is 0 Å². The molecule has 5 heteroatoms. The van der Waals surface area contributed by atoms with Crippen LogP contribution in [0.25, 0.3) is 0 Å². The van der Waals surface area contributed by atoms with Gasteiger partial charge in [-0.25, -0.2) is 0 Å². The number of nitrogens with two attached hydrogens (primary N) is 1. The molecule has 4 N–H and O–H groups in total. The average Bonchev–Trinajstić information content (AvgIpc) is 2.31. The van der Waals surface area contributed by atoms with Crippen LogP contribution in [0.1, 0.15) is 5.56 Å². The van der Waals surface area contributed by atoms with E-state index in [1.165, 1.54) is 0 Å². The number of carbonyl (C=O) groups excluding carboxylic acids is 2. The summed E-state index contributed by atoms with van der Waals surface area (Å²) in [6.45, 7) is 4.36. The Morgan fingerprint density at radius 3 is 2.50 bits per heavy atom. The molecule has 0 saturated carbocycles. The predicted molar refractivity (Wildman–Crippen MR) is 71.0 cm³/mol. The highest BCUT2D eigenvalue weighted by Gasteiger charge is 2.02. The molecule has 0 heterocycles. The van der Waals surface area contributed by atoms with E-state index in [4.69, 9.17) is 5.73 Å². The highest BCUT2D eigenvalue weighted by molar-refractivity contribution is 5.92. The molecule has 1 rings (SSSR count). The number of primary amides is 1. The van der Waals surface area contributed by atoms with E-state index in [1.54, 1.807) is 30.3 Å². The van der Waals surface area contributed by atoms with Gasteiger partial charge in [-0.3, -0.25) is 9.59 Å². The maximum Gasteiger partial charge on any atom is 0.238 e. The Morgan fingerprint density at radius 1 is 1.28 bits per heavy atom. The van der Waals surface area contributed by atoms with Gasteiger partial charge in [0.05, 0.1) is 13.0 Å². The predicted octanol–water partition coefficient (Wildman–Crippen LogP) is 0.428. The summed E-state index contributed by atoms with van der Waals surface area (Å²) in [7, 11) is 0. The van der Waals surface area contributed by atoms with E-state index in [9.17, 15) is 9.59 Å². The molecule has 0 atom stereocenters. The Morgan fingerprint density at radius 2 is 1.94 bits per heavy atom. The van der Waals surface area contributed by atoms with Crippen molar-refractivity contribution in [2.24, 2.45) is 5.73 Å². The number of hydrogen-bond donors (Lipinski definition) is 3. The lowest BCUT2D eigenvalue weighted by Crippen LogP contribution is -2.28. The van der Waals surface area contributed by atoms with Crippen LogP contribution in [0.15, 0.2) is 36.9 Å². The summed E-state index contributed by atoms with van der Waals surface area (Å²) in [4.78, 5) is 22.2. The zero-order chi connectivity index (χ0) is 13.4. The number of rotatable bonds is 7. The number of benzene rings is 1. The van der Waals surface area contributed by atoms with E-state index < -0.39 is 0 Å². The van der Waals surface area contributed by atoms with Gasteiger partial charge in [0.25, 0.3) is 0 Å². The minimum atomic E-state index is -0.375. The van der Waals surface area contributed by atoms with Crippen LogP contribution in [0, 0.1) is 0 Å². The zero-order valence-corrected chi connectivity index (χ0v) is 10.1. The molecule has 18 heavy (non-hydrogen) atoms. The third-order valence-corrected chi connectivity index (χ3v) is 2.19. The molecule has 0 bridgehead atoms. The van der Waals surface area contributed by atoms with Crippen molar-refractivity contribution in [3.05, 3.63) is 42.5 Å². The van der Waals surface area contributed by atoms with Gasteiger partial charge in [-0.15, -0.1) is 6.58 Å². The zero-order valence-electron chi connectivity index (χ0n) is 10.1. The first-order valence-corrected chi connectivity index (χ1v) is 5.60. The lowest BCUT2D eigenvalue weighted by Gasteiger charge is -2.06. The minimum absolute atomic E-state index is 0.125. The Kier molecular flexibility index (Phi) is 5.60. The van der Waals surface area contributed by atoms with Crippen molar-refractivity contribution in [2.75, 3.05) is 18.4 Å². The molecule has 1 aromatic rings. The molecule has 5 nitrogen and oxygen atoms in total. The second-order valence-electron chi connectivity index (χ2n) is 3.81. The van der Waals surface area contributed by atoms with Gasteiger partial charge in [-0.1, -0.05) is 18.2 Å². The summed E-state index contributed by atoms with van der Waals surface area (Å²) >= 11 is 0. The third kappa shape index (κ3) is 5.27. The van der Waals surface area contributed by atoms with Crippen LogP contribution in [0.5, 0.6) is 0 Å². The van der Waals surface area contributed by atoms with Crippen LogP contribution in [0.2, 0.25) is 0 Å². The van der Waals surface area contributed by atoms with Crippen molar-refractivity contribution in [1.29, 1.82) is 0 Å². The molecule has 96 valence electrons. The maximum absolute atomic E-state index is 11.5. The molecule has 2 amide bonds. The van der Waals surface area contributed by atoms with E-state index >= 15 is 0 Å². The first-order valence-electron chi connectivity index (χ1n) is 5.60. The Labute approximate surface area is 106 Å². The van der Waals surface area contributed by atoms with Crippen molar-refractivity contribution in [2.45, 2.75) is 6.42 Å². The molecular formula is C13H17N3O2. The monoisotopic (exact) mass is 247 g/mol. The second-order valence-corrected chi connectivity index (χ2v) is 3.81. The average molecular weight is 247 g/mol. The topological polar surface area (TPSA) is 84.2 Å². The van der Waals surface area contributed by atoms with Gasteiger partial charge in [0.2, 0.25) is 11.8 Å². The summed E-state index contributed by atoms with van der Waals surface area (Å²) in [6.07, 6.45) is 1.89. The summed E-state index contributed by atoms with van der Waals surface area (Å²) in [5, 5.41) is 5.63. The lowest BCUT2D eigenvalue weighted by molar-refractivity contribution is -0.117. The third-order valence-electron chi connectivity index (χ3n) is 2.19. The smallest absolute Gasteiger partial charge is 0.238 e. The number of hydrogen-bond acceptors (Lipinski definition) is 3. The van der Waals surface area contributed by atoms with Crippen molar-refractivity contribution in [3.8, 4) is 0 Å². The molecule has 0 radical (unpaired) electrons. The molecule has 0 aromatic heterocycles. The fourth-order valence-corrected chi connectivity index (χ4v) is 1.40. The second kappa shape index (κ2) is 7.24. The van der Waals surface area contributed by atoms with Crippen LogP contribution in [0.4, 0.5) is 5.69 Å². The van der Waals surface area contributed by atoms with Crippen LogP contribution in [-0.2, 0) is 16.0 Å². The van der Waals surface area contributed by atoms with Gasteiger partial charge < -0.3 is 16.4 Å². The Hall–Kier alpha value is -2.14. The van der Waals surface area contributed by atoms with Gasteiger partial charge in [0.15, 0.2) is 0 Å². The standard InChI is InChI=1S/C13H17N3O2/c1-2-7-15-9-13(18)16-11-5-3-10(4-6-11)8-12(14)17/h2-6,15H,1,7-9H2,(H2,14,17)(H,16,18). The molecule has 0 saturated heterocycles. The van der Waals surface area contributed by atoms with Gasteiger partial charge in [-0.05, 0) is 17.7 Å². The minimum Gasteiger partial charge on any atom is -0.369 e. The van der Waals surface area contributed by atoms with Crippen molar-refractivity contribution in [3.63, 3.8) is 0 Å². The van der Waals surface area contributed by atoms with Crippen molar-refractivity contribution < 1.29 is 9.59 Å². The molecule has 0 fully saturated rings. The quantitative estimate of drug-likeness (QED) is 0.482. The van der Waals surface area contributed by atoms with Crippen molar-refractivity contribution >= 4 is 17.5 Å². The van der Waals surface area contributed by atoms with Crippen LogP contribution in [0.3, 0.4) is 0 Å². The normalized spacial score (nSPS) is 9.78. The van der Waals surface area contributed by atoms with Crippen LogP contribution in [-0.4, -0.2) is 24.9 Å². The van der Waals surface area contributed by atoms with Gasteiger partial charge in [-0.2, -0.15) is 0 Å². The van der Waals surface area contributed by atoms with E-state index in [-0.39, 0.29) is 24.8 Å². The highest BCUT2D eigenvalue weighted by Crippen LogP contribution is 2.09. The van der Waals surface area contributed by atoms with Crippen molar-refractivity contribution in [1.82, 2.24) is 5.32 Å². The lowest BCUT2D eigenvalue weighted by atomic mass is 10.1. The first-order chi connectivity index (χ1) is 8.61. The fourth-order valence-electron chi connectivity index (χ4n) is 1.40. The number of amides is 2. The molecule has 0 unspecified atom stereocenters. The molecule has 0 spiro atoms. The fraction of sp³-hybridized carbons (Fsp3) is 0.231. The van der Waals surface area contributed by atoms with Gasteiger partial charge in [0, 0.05) is 12.2 Å². The van der Waals surface area contributed by atoms with Gasteiger partial charge in [0.1, 0.15) is 0 Å². The Bertz CT molecular complexity index is 426. The largest absolute Gasteiger partial charge is 0.369 e. The van der Waals surface area contributed by atoms with Gasteiger partial charge >= 0.3 is 0 Å². The Balaban J connectivity index is 2.45. The number of nitrogens with one attached hydrogen (secondary N) is 2. The molecule has 0 aliphatic rings.